The number of hydrogen-bond donors (Lipinski definition) is 2. The number of carbonyl (C=O) groups is 1. The zero-order valence-corrected chi connectivity index (χ0v) is 11.9. The van der Waals surface area contributed by atoms with Gasteiger partial charge in [-0.05, 0) is 46.9 Å². The molecule has 0 radical (unpaired) electrons. The smallest absolute Gasteiger partial charge is 0.315 e. The molecule has 1 unspecified atom stereocenters. The fraction of sp³-hybridized carbons (Fsp3) is 0.312. The van der Waals surface area contributed by atoms with Gasteiger partial charge in [-0.25, -0.2) is 4.79 Å². The molecule has 0 spiro atoms. The molecule has 2 N–H and O–H groups in total. The molecule has 0 bridgehead atoms. The van der Waals surface area contributed by atoms with Gasteiger partial charge in [-0.1, -0.05) is 24.3 Å². The number of hydrogen-bond acceptors (Lipinski definition) is 2. The first-order chi connectivity index (χ1) is 9.79. The van der Waals surface area contributed by atoms with Crippen LogP contribution < -0.4 is 10.6 Å². The maximum Gasteiger partial charge on any atom is 0.315 e. The number of nitrogens with one attached hydrogen (secondary N) is 2. The average molecular weight is 284 g/mol. The third-order valence-corrected chi connectivity index (χ3v) is 5.11. The Kier molecular flexibility index (Phi) is 2.77. The molecular formula is C16H16N2OS. The van der Waals surface area contributed by atoms with Gasteiger partial charge in [0.2, 0.25) is 0 Å². The first-order valence-electron chi connectivity index (χ1n) is 7.03. The van der Waals surface area contributed by atoms with E-state index in [0.29, 0.717) is 6.54 Å². The summed E-state index contributed by atoms with van der Waals surface area (Å²) in [5.74, 6) is 0.827. The molecule has 2 amide bonds. The lowest BCUT2D eigenvalue weighted by atomic mass is 10.0. The molecule has 1 aliphatic heterocycles. The molecule has 4 rings (SSSR count). The summed E-state index contributed by atoms with van der Waals surface area (Å²) in [6, 6.07) is 10.9. The Morgan fingerprint density at radius 2 is 1.90 bits per heavy atom. The Bertz CT molecular complexity index is 643. The monoisotopic (exact) mass is 284 g/mol. The van der Waals surface area contributed by atoms with E-state index in [1.807, 2.05) is 11.3 Å². The summed E-state index contributed by atoms with van der Waals surface area (Å²) < 4.78 is 0. The summed E-state index contributed by atoms with van der Waals surface area (Å²) in [4.78, 5) is 12.7. The summed E-state index contributed by atoms with van der Waals surface area (Å²) in [6.45, 7) is 0.669. The summed E-state index contributed by atoms with van der Waals surface area (Å²) >= 11 is 1.88. The second kappa shape index (κ2) is 4.63. The molecule has 1 saturated heterocycles. The largest absolute Gasteiger partial charge is 0.336 e. The van der Waals surface area contributed by atoms with E-state index in [9.17, 15) is 4.79 Å². The minimum Gasteiger partial charge on any atom is -0.336 e. The van der Waals surface area contributed by atoms with Gasteiger partial charge in [-0.15, -0.1) is 11.3 Å². The number of carbonyl (C=O) groups excluding carboxylic acids is 1. The van der Waals surface area contributed by atoms with Crippen LogP contribution in [0.15, 0.2) is 35.7 Å². The molecule has 1 atom stereocenters. The van der Waals surface area contributed by atoms with E-state index in [-0.39, 0.29) is 12.1 Å². The maximum absolute atomic E-state index is 11.2. The van der Waals surface area contributed by atoms with Gasteiger partial charge in [0.25, 0.3) is 0 Å². The van der Waals surface area contributed by atoms with E-state index >= 15 is 0 Å². The molecule has 102 valence electrons. The fourth-order valence-corrected chi connectivity index (χ4v) is 3.74. The van der Waals surface area contributed by atoms with E-state index in [1.165, 1.54) is 28.8 Å². The predicted octanol–water partition coefficient (Wildman–Crippen LogP) is 3.65. The number of thiophene rings is 1. The van der Waals surface area contributed by atoms with Crippen molar-refractivity contribution in [3.05, 3.63) is 46.2 Å². The molecule has 20 heavy (non-hydrogen) atoms. The predicted molar refractivity (Wildman–Crippen MR) is 81.0 cm³/mol. The molecular weight excluding hydrogens is 268 g/mol. The number of benzene rings is 1. The number of urea groups is 1. The lowest BCUT2D eigenvalue weighted by Gasteiger charge is -2.09. The van der Waals surface area contributed by atoms with Crippen molar-refractivity contribution < 1.29 is 4.79 Å². The van der Waals surface area contributed by atoms with E-state index in [4.69, 9.17) is 0 Å². The van der Waals surface area contributed by atoms with Gasteiger partial charge < -0.3 is 10.6 Å². The van der Waals surface area contributed by atoms with Gasteiger partial charge in [0.1, 0.15) is 0 Å². The fourth-order valence-electron chi connectivity index (χ4n) is 2.65. The van der Waals surface area contributed by atoms with Crippen molar-refractivity contribution in [3.8, 4) is 11.1 Å². The Labute approximate surface area is 122 Å². The van der Waals surface area contributed by atoms with E-state index in [0.717, 1.165) is 11.5 Å². The quantitative estimate of drug-likeness (QED) is 0.887. The normalized spacial score (nSPS) is 21.6. The van der Waals surface area contributed by atoms with Crippen LogP contribution in [0.2, 0.25) is 0 Å². The van der Waals surface area contributed by atoms with Gasteiger partial charge >= 0.3 is 6.03 Å². The highest BCUT2D eigenvalue weighted by atomic mass is 32.1. The molecule has 2 aliphatic rings. The molecule has 1 saturated carbocycles. The molecule has 1 aliphatic carbocycles. The summed E-state index contributed by atoms with van der Waals surface area (Å²) in [6.07, 6.45) is 2.71. The highest BCUT2D eigenvalue weighted by molar-refractivity contribution is 7.10. The molecule has 4 heteroatoms. The Morgan fingerprint density at radius 3 is 2.55 bits per heavy atom. The number of amides is 2. The zero-order valence-electron chi connectivity index (χ0n) is 11.1. The summed E-state index contributed by atoms with van der Waals surface area (Å²) in [7, 11) is 0. The average Bonchev–Trinajstić information content (AvgIpc) is 3.04. The van der Waals surface area contributed by atoms with Crippen LogP contribution in [-0.2, 0) is 0 Å². The standard InChI is InChI=1S/C16H16N2OS/c19-16-17-8-14(18-16)11-3-1-10(2-4-11)13-7-15(20-9-13)12-5-6-12/h1-4,7,9,12,14H,5-6,8H2,(H2,17,18,19). The van der Waals surface area contributed by atoms with Crippen molar-refractivity contribution in [1.29, 1.82) is 0 Å². The Balaban J connectivity index is 1.55. The second-order valence-corrected chi connectivity index (χ2v) is 6.48. The van der Waals surface area contributed by atoms with Crippen molar-refractivity contribution in [3.63, 3.8) is 0 Å². The second-order valence-electron chi connectivity index (χ2n) is 5.54. The van der Waals surface area contributed by atoms with Gasteiger partial charge in [0.05, 0.1) is 6.04 Å². The Morgan fingerprint density at radius 1 is 1.10 bits per heavy atom. The van der Waals surface area contributed by atoms with Crippen LogP contribution in [0.5, 0.6) is 0 Å². The van der Waals surface area contributed by atoms with Crippen LogP contribution >= 0.6 is 11.3 Å². The molecule has 2 fully saturated rings. The third kappa shape index (κ3) is 2.20. The van der Waals surface area contributed by atoms with Crippen molar-refractivity contribution in [1.82, 2.24) is 10.6 Å². The van der Waals surface area contributed by atoms with Crippen molar-refractivity contribution >= 4 is 17.4 Å². The van der Waals surface area contributed by atoms with Crippen LogP contribution in [0.4, 0.5) is 4.79 Å². The van der Waals surface area contributed by atoms with Gasteiger partial charge in [-0.3, -0.25) is 0 Å². The van der Waals surface area contributed by atoms with Crippen molar-refractivity contribution in [2.24, 2.45) is 0 Å². The van der Waals surface area contributed by atoms with Crippen LogP contribution in [-0.4, -0.2) is 12.6 Å². The SMILES string of the molecule is O=C1NCC(c2ccc(-c3csc(C4CC4)c3)cc2)N1. The minimum atomic E-state index is -0.0778. The van der Waals surface area contributed by atoms with Crippen LogP contribution in [0.3, 0.4) is 0 Å². The molecule has 2 aromatic rings. The van der Waals surface area contributed by atoms with E-state index in [2.05, 4.69) is 46.3 Å². The molecule has 1 aromatic carbocycles. The lowest BCUT2D eigenvalue weighted by Crippen LogP contribution is -2.21. The molecule has 3 nitrogen and oxygen atoms in total. The third-order valence-electron chi connectivity index (χ3n) is 4.02. The van der Waals surface area contributed by atoms with E-state index in [1.54, 1.807) is 0 Å². The minimum absolute atomic E-state index is 0.0778. The van der Waals surface area contributed by atoms with Gasteiger partial charge in [0.15, 0.2) is 0 Å². The first kappa shape index (κ1) is 12.0. The molecule has 1 aromatic heterocycles. The van der Waals surface area contributed by atoms with Crippen LogP contribution in [0, 0.1) is 0 Å². The topological polar surface area (TPSA) is 41.1 Å². The van der Waals surface area contributed by atoms with Crippen LogP contribution in [0.25, 0.3) is 11.1 Å². The van der Waals surface area contributed by atoms with Crippen molar-refractivity contribution in [2.45, 2.75) is 24.8 Å². The van der Waals surface area contributed by atoms with Gasteiger partial charge in [-0.2, -0.15) is 0 Å². The van der Waals surface area contributed by atoms with E-state index < -0.39 is 0 Å². The zero-order chi connectivity index (χ0) is 13.5. The summed E-state index contributed by atoms with van der Waals surface area (Å²) in [5.41, 5.74) is 3.73. The highest BCUT2D eigenvalue weighted by Crippen LogP contribution is 2.44. The Hall–Kier alpha value is -1.81. The lowest BCUT2D eigenvalue weighted by molar-refractivity contribution is 0.247. The highest BCUT2D eigenvalue weighted by Gasteiger charge is 2.25. The first-order valence-corrected chi connectivity index (χ1v) is 7.91. The maximum atomic E-state index is 11.2. The summed E-state index contributed by atoms with van der Waals surface area (Å²) in [5, 5.41) is 7.95. The van der Waals surface area contributed by atoms with Crippen molar-refractivity contribution in [2.75, 3.05) is 6.54 Å². The van der Waals surface area contributed by atoms with Gasteiger partial charge in [0, 0.05) is 11.4 Å². The molecule has 2 heterocycles. The van der Waals surface area contributed by atoms with Crippen LogP contribution in [0.1, 0.15) is 35.2 Å². The number of rotatable bonds is 3.